The van der Waals surface area contributed by atoms with Crippen LogP contribution in [0.25, 0.3) is 0 Å². The van der Waals surface area contributed by atoms with Crippen LogP contribution >= 0.6 is 11.8 Å². The molecule has 0 amide bonds. The van der Waals surface area contributed by atoms with Gasteiger partial charge in [0.1, 0.15) is 29.0 Å². The van der Waals surface area contributed by atoms with Crippen molar-refractivity contribution < 1.29 is 34.2 Å². The first-order valence-corrected chi connectivity index (χ1v) is 11.4. The number of ether oxygens (including phenoxy) is 2. The minimum absolute atomic E-state index is 0.0207. The largest absolute Gasteiger partial charge is 0.481 e. The third-order valence-corrected chi connectivity index (χ3v) is 5.30. The summed E-state index contributed by atoms with van der Waals surface area (Å²) in [7, 11) is 0. The lowest BCUT2D eigenvalue weighted by atomic mass is 9.95. The maximum absolute atomic E-state index is 12.6. The number of aliphatic hydroxyl groups is 1. The highest BCUT2D eigenvalue weighted by molar-refractivity contribution is 7.99. The van der Waals surface area contributed by atoms with E-state index in [9.17, 15) is 35.2 Å². The number of nitrogens with zero attached hydrogens (tertiary/aromatic N) is 4. The summed E-state index contributed by atoms with van der Waals surface area (Å²) in [5.41, 5.74) is -3.45. The van der Waals surface area contributed by atoms with Crippen molar-refractivity contribution in [3.05, 3.63) is 51.0 Å². The fourth-order valence-corrected chi connectivity index (χ4v) is 3.63. The molecule has 35 heavy (non-hydrogen) atoms. The summed E-state index contributed by atoms with van der Waals surface area (Å²) in [6.45, 7) is 6.09. The number of rotatable bonds is 8. The molecular formula is C21H25N5O8S. The first-order valence-electron chi connectivity index (χ1n) is 10.1. The topological polar surface area (TPSA) is 202 Å². The molecule has 0 saturated heterocycles. The number of aliphatic hydroxyl groups excluding tert-OH is 1. The van der Waals surface area contributed by atoms with Gasteiger partial charge < -0.3 is 19.7 Å². The molecule has 1 aromatic carbocycles. The number of carbonyl (C=O) groups is 2. The molecule has 14 heteroatoms. The van der Waals surface area contributed by atoms with Crippen molar-refractivity contribution in [1.29, 1.82) is 5.26 Å². The number of benzene rings is 1. The van der Waals surface area contributed by atoms with Gasteiger partial charge in [-0.25, -0.2) is 20.6 Å². The van der Waals surface area contributed by atoms with Gasteiger partial charge in [-0.1, -0.05) is 0 Å². The number of carboxylic acids is 1. The van der Waals surface area contributed by atoms with Crippen LogP contribution < -0.4 is 10.6 Å². The van der Waals surface area contributed by atoms with Gasteiger partial charge in [-0.15, -0.1) is 11.8 Å². The Morgan fingerprint density at radius 3 is 2.49 bits per heavy atom. The third kappa shape index (κ3) is 6.27. The zero-order valence-corrected chi connectivity index (χ0v) is 20.4. The van der Waals surface area contributed by atoms with Gasteiger partial charge in [-0.05, 0) is 52.1 Å². The lowest BCUT2D eigenvalue weighted by molar-refractivity contribution is -0.420. The highest BCUT2D eigenvalue weighted by Gasteiger charge is 2.45. The lowest BCUT2D eigenvalue weighted by Gasteiger charge is -2.31. The van der Waals surface area contributed by atoms with Gasteiger partial charge in [0.25, 0.3) is 5.88 Å². The van der Waals surface area contributed by atoms with Crippen LogP contribution in [-0.4, -0.2) is 61.3 Å². The number of hydrogen-bond acceptors (Lipinski definition) is 12. The molecule has 3 unspecified atom stereocenters. The van der Waals surface area contributed by atoms with Crippen molar-refractivity contribution in [1.82, 2.24) is 5.01 Å². The number of nitro groups is 1. The number of carbonyl (C=O) groups excluding carboxylic acids is 1. The summed E-state index contributed by atoms with van der Waals surface area (Å²) in [5, 5.41) is 41.8. The Hall–Kier alpha value is -3.67. The molecule has 4 N–H and O–H groups in total. The van der Waals surface area contributed by atoms with Crippen LogP contribution in [0.3, 0.4) is 0 Å². The second-order valence-electron chi connectivity index (χ2n) is 8.37. The lowest BCUT2D eigenvalue weighted by Crippen LogP contribution is -2.48. The maximum atomic E-state index is 12.6. The number of hydrogen-bond donors (Lipinski definition) is 3. The summed E-state index contributed by atoms with van der Waals surface area (Å²) in [5.74, 6) is 1.26. The van der Waals surface area contributed by atoms with Gasteiger partial charge in [0.05, 0.1) is 22.2 Å². The van der Waals surface area contributed by atoms with E-state index in [1.807, 2.05) is 6.07 Å². The van der Waals surface area contributed by atoms with Crippen molar-refractivity contribution in [2.45, 2.75) is 44.9 Å². The molecule has 2 rings (SSSR count). The van der Waals surface area contributed by atoms with E-state index in [0.29, 0.717) is 0 Å². The second kappa shape index (κ2) is 10.7. The first-order chi connectivity index (χ1) is 16.2. The van der Waals surface area contributed by atoms with E-state index in [1.54, 1.807) is 27.0 Å². The molecule has 0 radical (unpaired) electrons. The summed E-state index contributed by atoms with van der Waals surface area (Å²) >= 11 is 1.03. The standard InChI is InChI=1S/C21H25N5O8S/c1-10(27)14(18(28)29)15-16(26(31)32)17(25(23)20(24-15)35-5)33-12-7-6-11(9-22)13(8-12)19(30)34-21(2,3)4/h6-8,10,14,20,27H,23H2,1-5H3,(H,28,29). The Morgan fingerprint density at radius 1 is 1.40 bits per heavy atom. The van der Waals surface area contributed by atoms with Gasteiger partial charge in [0.15, 0.2) is 5.50 Å². The zero-order chi connectivity index (χ0) is 26.7. The molecule has 0 saturated carbocycles. The SMILES string of the molecule is CSC1N=C(C(C(=O)O)C(C)O)C([N+](=O)[O-])=C(Oc2ccc(C#N)c(C(=O)OC(C)(C)C)c2)N1N. The second-order valence-corrected chi connectivity index (χ2v) is 9.27. The average molecular weight is 508 g/mol. The van der Waals surface area contributed by atoms with E-state index in [0.717, 1.165) is 29.8 Å². The van der Waals surface area contributed by atoms with Crippen LogP contribution in [0.5, 0.6) is 5.75 Å². The molecule has 1 heterocycles. The van der Waals surface area contributed by atoms with E-state index < -0.39 is 57.3 Å². The van der Waals surface area contributed by atoms with Gasteiger partial charge in [0.2, 0.25) is 0 Å². The highest BCUT2D eigenvalue weighted by atomic mass is 32.2. The van der Waals surface area contributed by atoms with Crippen LogP contribution in [0.1, 0.15) is 43.6 Å². The number of aliphatic imine (C=N–C) groups is 1. The van der Waals surface area contributed by atoms with E-state index >= 15 is 0 Å². The van der Waals surface area contributed by atoms with Crippen LogP contribution in [0.4, 0.5) is 0 Å². The van der Waals surface area contributed by atoms with E-state index in [1.165, 1.54) is 12.1 Å². The van der Waals surface area contributed by atoms with Crippen LogP contribution in [0.15, 0.2) is 34.8 Å². The highest BCUT2D eigenvalue weighted by Crippen LogP contribution is 2.32. The van der Waals surface area contributed by atoms with Gasteiger partial charge >= 0.3 is 17.6 Å². The minimum Gasteiger partial charge on any atom is -0.481 e. The molecule has 0 aliphatic carbocycles. The number of esters is 1. The Kier molecular flexibility index (Phi) is 8.45. The summed E-state index contributed by atoms with van der Waals surface area (Å²) < 4.78 is 11.0. The molecule has 0 spiro atoms. The fraction of sp³-hybridized carbons (Fsp3) is 0.429. The normalized spacial score (nSPS) is 17.7. The Balaban J connectivity index is 2.67. The molecule has 13 nitrogen and oxygen atoms in total. The number of carboxylic acid groups (broad SMARTS) is 1. The van der Waals surface area contributed by atoms with Gasteiger partial charge in [0, 0.05) is 0 Å². The van der Waals surface area contributed by atoms with Crippen molar-refractivity contribution in [3.63, 3.8) is 0 Å². The van der Waals surface area contributed by atoms with E-state index in [4.69, 9.17) is 15.3 Å². The Morgan fingerprint density at radius 2 is 2.03 bits per heavy atom. The quantitative estimate of drug-likeness (QED) is 0.199. The fourth-order valence-electron chi connectivity index (χ4n) is 3.09. The van der Waals surface area contributed by atoms with Crippen molar-refractivity contribution in [2.75, 3.05) is 6.26 Å². The van der Waals surface area contributed by atoms with Gasteiger partial charge in [-0.3, -0.25) is 14.9 Å². The molecular weight excluding hydrogens is 482 g/mol. The first kappa shape index (κ1) is 27.6. The van der Waals surface area contributed by atoms with E-state index in [-0.39, 0.29) is 16.9 Å². The Bertz CT molecular complexity index is 1140. The predicted octanol–water partition coefficient (Wildman–Crippen LogP) is 1.70. The zero-order valence-electron chi connectivity index (χ0n) is 19.6. The molecule has 0 bridgehead atoms. The smallest absolute Gasteiger partial charge is 0.352 e. The number of nitrogens with two attached hydrogens (primary N) is 1. The monoisotopic (exact) mass is 507 g/mol. The summed E-state index contributed by atoms with van der Waals surface area (Å²) in [4.78, 5) is 39.6. The Labute approximate surface area is 204 Å². The molecule has 0 fully saturated rings. The molecule has 1 aliphatic rings. The predicted molar refractivity (Wildman–Crippen MR) is 125 cm³/mol. The van der Waals surface area contributed by atoms with Crippen LogP contribution in [0, 0.1) is 27.4 Å². The van der Waals surface area contributed by atoms with Crippen molar-refractivity contribution in [2.24, 2.45) is 16.8 Å². The summed E-state index contributed by atoms with van der Waals surface area (Å²) in [6.07, 6.45) is 0.0592. The number of allylic oxidation sites excluding steroid dienone is 1. The number of hydrazine groups is 1. The average Bonchev–Trinajstić information content (AvgIpc) is 2.73. The minimum atomic E-state index is -1.74. The maximum Gasteiger partial charge on any atom is 0.352 e. The molecule has 0 aromatic heterocycles. The summed E-state index contributed by atoms with van der Waals surface area (Å²) in [6, 6.07) is 5.58. The molecule has 1 aliphatic heterocycles. The van der Waals surface area contributed by atoms with Gasteiger partial charge in [-0.2, -0.15) is 5.26 Å². The van der Waals surface area contributed by atoms with Crippen LogP contribution in [0.2, 0.25) is 0 Å². The van der Waals surface area contributed by atoms with E-state index in [2.05, 4.69) is 4.99 Å². The van der Waals surface area contributed by atoms with Crippen molar-refractivity contribution in [3.8, 4) is 11.8 Å². The number of thioether (sulfide) groups is 1. The third-order valence-electron chi connectivity index (χ3n) is 4.55. The van der Waals surface area contributed by atoms with Crippen LogP contribution in [-0.2, 0) is 9.53 Å². The molecule has 1 aromatic rings. The molecule has 3 atom stereocenters. The van der Waals surface area contributed by atoms with Crippen molar-refractivity contribution >= 4 is 29.4 Å². The number of aliphatic carboxylic acids is 1. The number of nitriles is 1. The molecule has 188 valence electrons.